The van der Waals surface area contributed by atoms with E-state index < -0.39 is 24.1 Å². The van der Waals surface area contributed by atoms with Gasteiger partial charge in [-0.15, -0.1) is 0 Å². The van der Waals surface area contributed by atoms with Gasteiger partial charge >= 0.3 is 11.9 Å². The second-order valence-corrected chi connectivity index (χ2v) is 5.31. The minimum absolute atomic E-state index is 0.0244. The molecule has 0 spiro atoms. The number of ketones is 1. The number of carbonyl (C=O) groups excluding carboxylic acids is 2. The largest absolute Gasteiger partial charge is 0.479 e. The lowest BCUT2D eigenvalue weighted by molar-refractivity contribution is -0.164. The van der Waals surface area contributed by atoms with Gasteiger partial charge in [-0.05, 0) is 12.8 Å². The van der Waals surface area contributed by atoms with E-state index >= 15 is 0 Å². The summed E-state index contributed by atoms with van der Waals surface area (Å²) in [6.45, 7) is 4.84. The first-order valence-corrected chi connectivity index (χ1v) is 7.08. The molecule has 0 aliphatic rings. The Morgan fingerprint density at radius 3 is 2.23 bits per heavy atom. The maximum atomic E-state index is 12.0. The highest BCUT2D eigenvalue weighted by atomic mass is 16.6. The monoisotopic (exact) mass is 307 g/mol. The molecular formula is C16H21NO5. The predicted molar refractivity (Wildman–Crippen MR) is 80.6 cm³/mol. The van der Waals surface area contributed by atoms with E-state index in [-0.39, 0.29) is 18.2 Å². The van der Waals surface area contributed by atoms with E-state index in [1.807, 2.05) is 6.07 Å². The molecule has 6 nitrogen and oxygen atoms in total. The van der Waals surface area contributed by atoms with Crippen LogP contribution in [-0.2, 0) is 14.3 Å². The number of nitrogens with one attached hydrogen (secondary N) is 1. The molecule has 0 aliphatic carbocycles. The van der Waals surface area contributed by atoms with Crippen LogP contribution in [0.15, 0.2) is 30.3 Å². The van der Waals surface area contributed by atoms with Crippen LogP contribution in [0, 0.1) is 5.92 Å². The molecule has 1 rings (SSSR count). The molecule has 0 bridgehead atoms. The zero-order valence-electron chi connectivity index (χ0n) is 12.9. The van der Waals surface area contributed by atoms with Crippen molar-refractivity contribution in [3.8, 4) is 0 Å². The first kappa shape index (κ1) is 17.8. The fourth-order valence-electron chi connectivity index (χ4n) is 1.82. The van der Waals surface area contributed by atoms with Crippen molar-refractivity contribution in [3.05, 3.63) is 35.9 Å². The molecule has 6 heteroatoms. The molecule has 120 valence electrons. The summed E-state index contributed by atoms with van der Waals surface area (Å²) in [6, 6.07) is 7.98. The van der Waals surface area contributed by atoms with E-state index in [4.69, 9.17) is 9.84 Å². The highest BCUT2D eigenvalue weighted by Gasteiger charge is 2.27. The van der Waals surface area contributed by atoms with Crippen molar-refractivity contribution < 1.29 is 24.2 Å². The Morgan fingerprint density at radius 2 is 1.73 bits per heavy atom. The molecule has 1 aromatic rings. The van der Waals surface area contributed by atoms with Gasteiger partial charge in [0.05, 0.1) is 6.54 Å². The summed E-state index contributed by atoms with van der Waals surface area (Å²) >= 11 is 0. The van der Waals surface area contributed by atoms with Crippen molar-refractivity contribution in [1.29, 1.82) is 0 Å². The normalized spacial score (nSPS) is 13.5. The molecule has 0 radical (unpaired) electrons. The van der Waals surface area contributed by atoms with E-state index in [1.165, 1.54) is 6.92 Å². The van der Waals surface area contributed by atoms with Gasteiger partial charge in [0.25, 0.3) is 0 Å². The maximum absolute atomic E-state index is 12.0. The van der Waals surface area contributed by atoms with Gasteiger partial charge < -0.3 is 9.84 Å². The molecule has 0 saturated heterocycles. The van der Waals surface area contributed by atoms with Crippen LogP contribution in [-0.4, -0.2) is 41.5 Å². The van der Waals surface area contributed by atoms with Crippen molar-refractivity contribution in [2.24, 2.45) is 5.92 Å². The minimum atomic E-state index is -1.22. The Labute approximate surface area is 129 Å². The fourth-order valence-corrected chi connectivity index (χ4v) is 1.82. The molecule has 0 aromatic heterocycles. The van der Waals surface area contributed by atoms with Crippen LogP contribution >= 0.6 is 0 Å². The van der Waals surface area contributed by atoms with Crippen molar-refractivity contribution in [2.45, 2.75) is 32.9 Å². The van der Waals surface area contributed by atoms with Crippen molar-refractivity contribution >= 4 is 17.7 Å². The number of esters is 1. The first-order valence-electron chi connectivity index (χ1n) is 7.08. The molecule has 0 saturated carbocycles. The first-order chi connectivity index (χ1) is 10.3. The number of hydrogen-bond donors (Lipinski definition) is 2. The number of rotatable bonds is 8. The van der Waals surface area contributed by atoms with E-state index in [0.717, 1.165) is 0 Å². The number of carboxylic acids is 1. The minimum Gasteiger partial charge on any atom is -0.479 e. The summed E-state index contributed by atoms with van der Waals surface area (Å²) in [4.78, 5) is 34.7. The molecule has 1 aromatic carbocycles. The highest BCUT2D eigenvalue weighted by Crippen LogP contribution is 2.07. The second-order valence-electron chi connectivity index (χ2n) is 5.31. The number of benzene rings is 1. The molecule has 0 heterocycles. The van der Waals surface area contributed by atoms with Gasteiger partial charge in [-0.2, -0.15) is 0 Å². The standard InChI is InChI=1S/C16H21NO5/c1-10(2)14(16(21)22-11(3)15(19)20)17-9-13(18)12-7-5-4-6-8-12/h4-8,10-11,14,17H,9H2,1-3H3,(H,19,20)/t11-,14?/m0/s1. The van der Waals surface area contributed by atoms with Gasteiger partial charge in [0.1, 0.15) is 6.04 Å². The smallest absolute Gasteiger partial charge is 0.344 e. The zero-order valence-corrected chi connectivity index (χ0v) is 12.9. The Morgan fingerprint density at radius 1 is 1.14 bits per heavy atom. The lowest BCUT2D eigenvalue weighted by Crippen LogP contribution is -2.45. The van der Waals surface area contributed by atoms with E-state index in [1.54, 1.807) is 38.1 Å². The number of ether oxygens (including phenoxy) is 1. The van der Waals surface area contributed by atoms with E-state index in [9.17, 15) is 14.4 Å². The second kappa shape index (κ2) is 8.29. The SMILES string of the molecule is CC(C)C(NCC(=O)c1ccccc1)C(=O)O[C@@H](C)C(=O)O. The summed E-state index contributed by atoms with van der Waals surface area (Å²) in [5.41, 5.74) is 0.546. The number of aliphatic carboxylic acids is 1. The number of carbonyl (C=O) groups is 3. The third-order valence-electron chi connectivity index (χ3n) is 3.14. The summed E-state index contributed by atoms with van der Waals surface area (Å²) in [5.74, 6) is -2.18. The Hall–Kier alpha value is -2.21. The van der Waals surface area contributed by atoms with Gasteiger partial charge in [0.15, 0.2) is 11.9 Å². The van der Waals surface area contributed by atoms with Crippen LogP contribution in [0.25, 0.3) is 0 Å². The lowest BCUT2D eigenvalue weighted by atomic mass is 10.0. The van der Waals surface area contributed by atoms with Crippen LogP contribution in [0.2, 0.25) is 0 Å². The quantitative estimate of drug-likeness (QED) is 0.558. The average Bonchev–Trinajstić information content (AvgIpc) is 2.47. The van der Waals surface area contributed by atoms with Crippen LogP contribution in [0.4, 0.5) is 0 Å². The van der Waals surface area contributed by atoms with Gasteiger partial charge in [-0.25, -0.2) is 4.79 Å². The van der Waals surface area contributed by atoms with Crippen LogP contribution in [0.3, 0.4) is 0 Å². The predicted octanol–water partition coefficient (Wildman–Crippen LogP) is 1.50. The Kier molecular flexibility index (Phi) is 6.72. The Bertz CT molecular complexity index is 527. The molecule has 1 unspecified atom stereocenters. The summed E-state index contributed by atoms with van der Waals surface area (Å²) < 4.78 is 4.86. The molecule has 0 amide bonds. The van der Waals surface area contributed by atoms with Crippen LogP contribution in [0.5, 0.6) is 0 Å². The number of Topliss-reactive ketones (excluding diaryl/α,β-unsaturated/α-hetero) is 1. The fraction of sp³-hybridized carbons (Fsp3) is 0.438. The summed E-state index contributed by atoms with van der Waals surface area (Å²) in [5, 5.41) is 11.6. The number of carboxylic acid groups (broad SMARTS) is 1. The lowest BCUT2D eigenvalue weighted by Gasteiger charge is -2.21. The third kappa shape index (κ3) is 5.29. The summed E-state index contributed by atoms with van der Waals surface area (Å²) in [6.07, 6.45) is -1.22. The number of hydrogen-bond acceptors (Lipinski definition) is 5. The van der Waals surface area contributed by atoms with Gasteiger partial charge in [0.2, 0.25) is 0 Å². The highest BCUT2D eigenvalue weighted by molar-refractivity contribution is 5.97. The third-order valence-corrected chi connectivity index (χ3v) is 3.14. The van der Waals surface area contributed by atoms with Gasteiger partial charge in [-0.3, -0.25) is 14.9 Å². The summed E-state index contributed by atoms with van der Waals surface area (Å²) in [7, 11) is 0. The van der Waals surface area contributed by atoms with Crippen LogP contribution < -0.4 is 5.32 Å². The molecule has 2 atom stereocenters. The van der Waals surface area contributed by atoms with Crippen LogP contribution in [0.1, 0.15) is 31.1 Å². The topological polar surface area (TPSA) is 92.7 Å². The average molecular weight is 307 g/mol. The molecular weight excluding hydrogens is 286 g/mol. The van der Waals surface area contributed by atoms with E-state index in [2.05, 4.69) is 5.32 Å². The maximum Gasteiger partial charge on any atom is 0.344 e. The molecule has 0 aliphatic heterocycles. The Balaban J connectivity index is 2.63. The van der Waals surface area contributed by atoms with Gasteiger partial charge in [0, 0.05) is 5.56 Å². The zero-order chi connectivity index (χ0) is 16.7. The molecule has 22 heavy (non-hydrogen) atoms. The van der Waals surface area contributed by atoms with E-state index in [0.29, 0.717) is 5.56 Å². The molecule has 0 fully saturated rings. The van der Waals surface area contributed by atoms with Crippen molar-refractivity contribution in [1.82, 2.24) is 5.32 Å². The van der Waals surface area contributed by atoms with Gasteiger partial charge in [-0.1, -0.05) is 44.2 Å². The van der Waals surface area contributed by atoms with Crippen molar-refractivity contribution in [2.75, 3.05) is 6.54 Å². The molecule has 2 N–H and O–H groups in total. The van der Waals surface area contributed by atoms with Crippen molar-refractivity contribution in [3.63, 3.8) is 0 Å².